The van der Waals surface area contributed by atoms with Crippen LogP contribution in [0.15, 0.2) is 35.5 Å². The van der Waals surface area contributed by atoms with Crippen LogP contribution in [-0.4, -0.2) is 60.5 Å². The molecular weight excluding hydrogens is 507 g/mol. The van der Waals surface area contributed by atoms with E-state index >= 15 is 0 Å². The molecule has 0 atom stereocenters. The van der Waals surface area contributed by atoms with E-state index < -0.39 is 0 Å². The van der Waals surface area contributed by atoms with E-state index in [9.17, 15) is 0 Å². The zero-order valence-corrected chi connectivity index (χ0v) is 21.5. The van der Waals surface area contributed by atoms with Crippen molar-refractivity contribution in [3.05, 3.63) is 51.5 Å². The fourth-order valence-corrected chi connectivity index (χ4v) is 4.15. The first-order chi connectivity index (χ1) is 14.1. The number of aryl methyl sites for hydroxylation is 1. The number of nitrogens with one attached hydrogen (secondary N) is 2. The van der Waals surface area contributed by atoms with Crippen LogP contribution in [0, 0.1) is 6.92 Å². The number of benzene rings is 1. The van der Waals surface area contributed by atoms with Crippen LogP contribution >= 0.6 is 35.3 Å². The van der Waals surface area contributed by atoms with Crippen LogP contribution in [0.1, 0.15) is 34.4 Å². The van der Waals surface area contributed by atoms with Crippen LogP contribution in [0.3, 0.4) is 0 Å². The summed E-state index contributed by atoms with van der Waals surface area (Å²) >= 11 is 1.72. The number of hydrogen-bond donors (Lipinski definition) is 2. The SMILES string of the molecule is CCNC(=NCc1ccc(CN2CCCN(C)CC2)cc1)NCc1ncc(C)s1.I. The van der Waals surface area contributed by atoms with E-state index in [1.807, 2.05) is 6.20 Å². The van der Waals surface area contributed by atoms with E-state index in [4.69, 9.17) is 4.99 Å². The molecule has 0 spiro atoms. The lowest BCUT2D eigenvalue weighted by molar-refractivity contribution is 0.269. The van der Waals surface area contributed by atoms with Crippen molar-refractivity contribution in [2.24, 2.45) is 4.99 Å². The highest BCUT2D eigenvalue weighted by atomic mass is 127. The molecule has 0 aliphatic carbocycles. The van der Waals surface area contributed by atoms with Gasteiger partial charge in [-0.2, -0.15) is 0 Å². The van der Waals surface area contributed by atoms with Crippen molar-refractivity contribution in [3.8, 4) is 0 Å². The lowest BCUT2D eigenvalue weighted by Gasteiger charge is -2.20. The second-order valence-electron chi connectivity index (χ2n) is 7.66. The maximum Gasteiger partial charge on any atom is 0.191 e. The molecule has 0 bridgehead atoms. The van der Waals surface area contributed by atoms with Gasteiger partial charge < -0.3 is 15.5 Å². The monoisotopic (exact) mass is 542 g/mol. The molecule has 1 aromatic heterocycles. The van der Waals surface area contributed by atoms with Gasteiger partial charge in [0.1, 0.15) is 5.01 Å². The highest BCUT2D eigenvalue weighted by Crippen LogP contribution is 2.12. The minimum Gasteiger partial charge on any atom is -0.357 e. The molecular formula is C22H35IN6S. The Morgan fingerprint density at radius 1 is 1.10 bits per heavy atom. The van der Waals surface area contributed by atoms with Gasteiger partial charge in [0.25, 0.3) is 0 Å². The Balaban J connectivity index is 0.00000320. The second kappa shape index (κ2) is 13.2. The summed E-state index contributed by atoms with van der Waals surface area (Å²) in [6, 6.07) is 8.91. The van der Waals surface area contributed by atoms with Crippen molar-refractivity contribution >= 4 is 41.3 Å². The van der Waals surface area contributed by atoms with Crippen LogP contribution in [0.5, 0.6) is 0 Å². The van der Waals surface area contributed by atoms with E-state index in [1.165, 1.54) is 35.5 Å². The van der Waals surface area contributed by atoms with Gasteiger partial charge in [0.15, 0.2) is 5.96 Å². The van der Waals surface area contributed by atoms with Gasteiger partial charge in [0.05, 0.1) is 13.1 Å². The number of likely N-dealkylation sites (N-methyl/N-ethyl adjacent to an activating group) is 1. The summed E-state index contributed by atoms with van der Waals surface area (Å²) in [5.41, 5.74) is 2.61. The van der Waals surface area contributed by atoms with Crippen molar-refractivity contribution in [3.63, 3.8) is 0 Å². The normalized spacial score (nSPS) is 16.0. The highest BCUT2D eigenvalue weighted by molar-refractivity contribution is 14.0. The molecule has 0 saturated carbocycles. The molecule has 30 heavy (non-hydrogen) atoms. The standard InChI is InChI=1S/C22H34N6S.HI/c1-4-23-22(26-16-21-24-14-18(2)29-21)25-15-19-6-8-20(9-7-19)17-28-11-5-10-27(3)12-13-28;/h6-9,14H,4-5,10-13,15-17H2,1-3H3,(H2,23,25,26);1H. The smallest absolute Gasteiger partial charge is 0.191 e. The van der Waals surface area contributed by atoms with Gasteiger partial charge in [-0.05, 0) is 51.5 Å². The Kier molecular flexibility index (Phi) is 11.0. The third-order valence-corrected chi connectivity index (χ3v) is 5.99. The van der Waals surface area contributed by atoms with Gasteiger partial charge in [0.2, 0.25) is 0 Å². The molecule has 1 aliphatic heterocycles. The number of rotatable bonds is 7. The largest absolute Gasteiger partial charge is 0.357 e. The van der Waals surface area contributed by atoms with Gasteiger partial charge in [0, 0.05) is 37.3 Å². The molecule has 8 heteroatoms. The van der Waals surface area contributed by atoms with Crippen molar-refractivity contribution < 1.29 is 0 Å². The number of thiazole rings is 1. The highest BCUT2D eigenvalue weighted by Gasteiger charge is 2.12. The number of guanidine groups is 1. The summed E-state index contributed by atoms with van der Waals surface area (Å²) in [5.74, 6) is 0.832. The summed E-state index contributed by atoms with van der Waals surface area (Å²) in [5, 5.41) is 7.76. The number of halogens is 1. The van der Waals surface area contributed by atoms with E-state index in [2.05, 4.69) is 70.6 Å². The predicted octanol–water partition coefficient (Wildman–Crippen LogP) is 3.46. The summed E-state index contributed by atoms with van der Waals surface area (Å²) < 4.78 is 0. The van der Waals surface area contributed by atoms with Crippen molar-refractivity contribution in [2.75, 3.05) is 39.8 Å². The minimum atomic E-state index is 0. The Bertz CT molecular complexity index is 776. The zero-order valence-electron chi connectivity index (χ0n) is 18.4. The third-order valence-electron chi connectivity index (χ3n) is 5.08. The number of aromatic nitrogens is 1. The summed E-state index contributed by atoms with van der Waals surface area (Å²) in [6.07, 6.45) is 3.17. The first kappa shape index (κ1) is 25.0. The molecule has 2 N–H and O–H groups in total. The lowest BCUT2D eigenvalue weighted by atomic mass is 10.1. The molecule has 2 heterocycles. The van der Waals surface area contributed by atoms with Gasteiger partial charge in [-0.1, -0.05) is 24.3 Å². The number of nitrogens with zero attached hydrogens (tertiary/aromatic N) is 4. The van der Waals surface area contributed by atoms with Crippen LogP contribution in [0.2, 0.25) is 0 Å². The average molecular weight is 543 g/mol. The van der Waals surface area contributed by atoms with E-state index in [0.29, 0.717) is 13.1 Å². The van der Waals surface area contributed by atoms with Gasteiger partial charge in [-0.25, -0.2) is 9.98 Å². The molecule has 166 valence electrons. The Morgan fingerprint density at radius 3 is 2.57 bits per heavy atom. The fraction of sp³-hybridized carbons (Fsp3) is 0.545. The van der Waals surface area contributed by atoms with Gasteiger partial charge in [-0.3, -0.25) is 4.90 Å². The minimum absolute atomic E-state index is 0. The second-order valence-corrected chi connectivity index (χ2v) is 8.98. The predicted molar refractivity (Wildman–Crippen MR) is 138 cm³/mol. The van der Waals surface area contributed by atoms with E-state index in [1.54, 1.807) is 11.3 Å². The number of aliphatic imine (C=N–C) groups is 1. The average Bonchev–Trinajstić information content (AvgIpc) is 3.03. The number of hydrogen-bond acceptors (Lipinski definition) is 5. The summed E-state index contributed by atoms with van der Waals surface area (Å²) in [4.78, 5) is 15.3. The Hall–Kier alpha value is -1.23. The quantitative estimate of drug-likeness (QED) is 0.319. The first-order valence-corrected chi connectivity index (χ1v) is 11.4. The molecule has 1 saturated heterocycles. The molecule has 1 aliphatic rings. The van der Waals surface area contributed by atoms with Crippen LogP contribution in [0.25, 0.3) is 0 Å². The molecule has 0 unspecified atom stereocenters. The van der Waals surface area contributed by atoms with Gasteiger partial charge >= 0.3 is 0 Å². The summed E-state index contributed by atoms with van der Waals surface area (Å²) in [7, 11) is 2.22. The maximum atomic E-state index is 4.73. The molecule has 0 amide bonds. The Labute approximate surface area is 202 Å². The van der Waals surface area contributed by atoms with Crippen LogP contribution < -0.4 is 10.6 Å². The third kappa shape index (κ3) is 8.49. The van der Waals surface area contributed by atoms with Crippen LogP contribution in [-0.2, 0) is 19.6 Å². The van der Waals surface area contributed by atoms with Crippen LogP contribution in [0.4, 0.5) is 0 Å². The molecule has 3 rings (SSSR count). The summed E-state index contributed by atoms with van der Waals surface area (Å²) in [6.45, 7) is 12.1. The molecule has 0 radical (unpaired) electrons. The molecule has 2 aromatic rings. The first-order valence-electron chi connectivity index (χ1n) is 10.5. The van der Waals surface area contributed by atoms with Gasteiger partial charge in [-0.15, -0.1) is 35.3 Å². The van der Waals surface area contributed by atoms with Crippen molar-refractivity contribution in [2.45, 2.75) is 39.9 Å². The zero-order chi connectivity index (χ0) is 20.5. The van der Waals surface area contributed by atoms with E-state index in [-0.39, 0.29) is 24.0 Å². The fourth-order valence-electron chi connectivity index (χ4n) is 3.42. The van der Waals surface area contributed by atoms with Crippen molar-refractivity contribution in [1.29, 1.82) is 0 Å². The topological polar surface area (TPSA) is 55.8 Å². The molecule has 1 fully saturated rings. The maximum absolute atomic E-state index is 4.73. The van der Waals surface area contributed by atoms with E-state index in [0.717, 1.165) is 37.1 Å². The molecule has 6 nitrogen and oxygen atoms in total. The van der Waals surface area contributed by atoms with Crippen molar-refractivity contribution in [1.82, 2.24) is 25.4 Å². The Morgan fingerprint density at radius 2 is 1.87 bits per heavy atom. The molecule has 1 aromatic carbocycles. The lowest BCUT2D eigenvalue weighted by Crippen LogP contribution is -2.36.